The molecule has 104 valence electrons. The fourth-order valence-corrected chi connectivity index (χ4v) is 2.60. The van der Waals surface area contributed by atoms with E-state index in [0.29, 0.717) is 0 Å². The van der Waals surface area contributed by atoms with Crippen LogP contribution in [0.4, 0.5) is 0 Å². The number of hydrogen-bond donors (Lipinski definition) is 5. The van der Waals surface area contributed by atoms with Crippen LogP contribution in [-0.2, 0) is 6.42 Å². The van der Waals surface area contributed by atoms with Crippen LogP contribution in [0, 0.1) is 0 Å². The number of benzene rings is 2. The monoisotopic (exact) mass is 273 g/mol. The molecule has 0 saturated carbocycles. The van der Waals surface area contributed by atoms with Crippen molar-refractivity contribution in [1.82, 2.24) is 5.32 Å². The van der Waals surface area contributed by atoms with Crippen molar-refractivity contribution >= 4 is 0 Å². The maximum atomic E-state index is 9.67. The molecule has 1 heterocycles. The zero-order valence-electron chi connectivity index (χ0n) is 10.7. The Kier molecular flexibility index (Phi) is 2.91. The summed E-state index contributed by atoms with van der Waals surface area (Å²) in [4.78, 5) is 0. The molecule has 0 aromatic heterocycles. The second-order valence-electron chi connectivity index (χ2n) is 4.93. The highest BCUT2D eigenvalue weighted by Gasteiger charge is 2.23. The van der Waals surface area contributed by atoms with Crippen LogP contribution in [0.2, 0.25) is 0 Å². The molecular formula is C15H15NO4. The van der Waals surface area contributed by atoms with Gasteiger partial charge in [0.15, 0.2) is 23.0 Å². The lowest BCUT2D eigenvalue weighted by Crippen LogP contribution is -2.30. The van der Waals surface area contributed by atoms with Crippen LogP contribution in [0.25, 0.3) is 0 Å². The average molecular weight is 273 g/mol. The highest BCUT2D eigenvalue weighted by atomic mass is 16.3. The minimum Gasteiger partial charge on any atom is -0.504 e. The summed E-state index contributed by atoms with van der Waals surface area (Å²) in [7, 11) is 0. The molecule has 1 aliphatic rings. The Morgan fingerprint density at radius 3 is 2.30 bits per heavy atom. The standard InChI is InChI=1S/C15H15NO4/c17-11-2-1-9(6-12(11)18)15-10-7-14(20)13(19)5-8(10)3-4-16-15/h1-2,5-7,15-20H,3-4H2/t15-/m1/s1. The van der Waals surface area contributed by atoms with E-state index in [1.165, 1.54) is 18.2 Å². The van der Waals surface area contributed by atoms with Gasteiger partial charge < -0.3 is 25.7 Å². The summed E-state index contributed by atoms with van der Waals surface area (Å²) in [5.74, 6) is -0.642. The molecule has 2 aromatic rings. The van der Waals surface area contributed by atoms with Crippen LogP contribution >= 0.6 is 0 Å². The third-order valence-corrected chi connectivity index (χ3v) is 3.62. The molecule has 0 aliphatic carbocycles. The Labute approximate surface area is 115 Å². The maximum absolute atomic E-state index is 9.67. The van der Waals surface area contributed by atoms with Crippen LogP contribution in [-0.4, -0.2) is 27.0 Å². The van der Waals surface area contributed by atoms with Crippen molar-refractivity contribution in [2.24, 2.45) is 0 Å². The third kappa shape index (κ3) is 2.02. The molecule has 0 bridgehead atoms. The van der Waals surface area contributed by atoms with Gasteiger partial charge in [0.2, 0.25) is 0 Å². The SMILES string of the molecule is Oc1ccc([C@H]2NCCc3cc(O)c(O)cc32)cc1O. The molecule has 1 atom stereocenters. The van der Waals surface area contributed by atoms with Crippen LogP contribution in [0.5, 0.6) is 23.0 Å². The van der Waals surface area contributed by atoms with Crippen molar-refractivity contribution < 1.29 is 20.4 Å². The number of nitrogens with one attached hydrogen (secondary N) is 1. The quantitative estimate of drug-likeness (QED) is 0.510. The maximum Gasteiger partial charge on any atom is 0.157 e. The third-order valence-electron chi connectivity index (χ3n) is 3.62. The van der Waals surface area contributed by atoms with Gasteiger partial charge in [-0.05, 0) is 47.4 Å². The van der Waals surface area contributed by atoms with Gasteiger partial charge in [0.05, 0.1) is 6.04 Å². The first-order valence-corrected chi connectivity index (χ1v) is 6.36. The molecule has 0 unspecified atom stereocenters. The fourth-order valence-electron chi connectivity index (χ4n) is 2.60. The Hall–Kier alpha value is -2.40. The first kappa shape index (κ1) is 12.6. The minimum atomic E-state index is -0.197. The van der Waals surface area contributed by atoms with Crippen LogP contribution in [0.1, 0.15) is 22.7 Å². The molecule has 5 heteroatoms. The van der Waals surface area contributed by atoms with Crippen LogP contribution in [0.15, 0.2) is 30.3 Å². The van der Waals surface area contributed by atoms with E-state index in [0.717, 1.165) is 29.7 Å². The molecule has 5 N–H and O–H groups in total. The van der Waals surface area contributed by atoms with Gasteiger partial charge >= 0.3 is 0 Å². The second kappa shape index (κ2) is 4.61. The second-order valence-corrected chi connectivity index (χ2v) is 4.93. The van der Waals surface area contributed by atoms with Crippen molar-refractivity contribution in [3.8, 4) is 23.0 Å². The van der Waals surface area contributed by atoms with Crippen molar-refractivity contribution in [1.29, 1.82) is 0 Å². The Bertz CT molecular complexity index is 669. The predicted molar refractivity (Wildman–Crippen MR) is 73.1 cm³/mol. The van der Waals surface area contributed by atoms with Gasteiger partial charge in [-0.2, -0.15) is 0 Å². The molecule has 3 rings (SSSR count). The smallest absolute Gasteiger partial charge is 0.157 e. The van der Waals surface area contributed by atoms with Gasteiger partial charge in [0.25, 0.3) is 0 Å². The summed E-state index contributed by atoms with van der Waals surface area (Å²) >= 11 is 0. The van der Waals surface area contributed by atoms with Crippen LogP contribution in [0.3, 0.4) is 0 Å². The van der Waals surface area contributed by atoms with Crippen molar-refractivity contribution in [3.63, 3.8) is 0 Å². The Balaban J connectivity index is 2.09. The summed E-state index contributed by atoms with van der Waals surface area (Å²) in [6.07, 6.45) is 0.754. The van der Waals surface area contributed by atoms with E-state index in [4.69, 9.17) is 0 Å². The van der Waals surface area contributed by atoms with Gasteiger partial charge in [-0.25, -0.2) is 0 Å². The van der Waals surface area contributed by atoms with Crippen LogP contribution < -0.4 is 5.32 Å². The molecule has 0 amide bonds. The van der Waals surface area contributed by atoms with Gasteiger partial charge in [0, 0.05) is 6.54 Å². The number of phenolic OH excluding ortho intramolecular Hbond substituents is 4. The largest absolute Gasteiger partial charge is 0.504 e. The zero-order chi connectivity index (χ0) is 14.3. The Morgan fingerprint density at radius 1 is 0.850 bits per heavy atom. The van der Waals surface area contributed by atoms with E-state index < -0.39 is 0 Å². The molecular weight excluding hydrogens is 258 g/mol. The highest BCUT2D eigenvalue weighted by Crippen LogP contribution is 2.37. The summed E-state index contributed by atoms with van der Waals surface area (Å²) in [5, 5.41) is 41.5. The molecule has 0 fully saturated rings. The van der Waals surface area contributed by atoms with E-state index in [1.54, 1.807) is 12.1 Å². The number of phenols is 4. The Morgan fingerprint density at radius 2 is 1.55 bits per heavy atom. The fraction of sp³-hybridized carbons (Fsp3) is 0.200. The molecule has 2 aromatic carbocycles. The molecule has 1 aliphatic heterocycles. The molecule has 20 heavy (non-hydrogen) atoms. The lowest BCUT2D eigenvalue weighted by Gasteiger charge is -2.28. The number of fused-ring (bicyclic) bond motifs is 1. The number of rotatable bonds is 1. The minimum absolute atomic E-state index is 0.127. The van der Waals surface area contributed by atoms with Crippen molar-refractivity contribution in [3.05, 3.63) is 47.0 Å². The van der Waals surface area contributed by atoms with Gasteiger partial charge in [-0.3, -0.25) is 0 Å². The van der Waals surface area contributed by atoms with Gasteiger partial charge in [-0.1, -0.05) is 6.07 Å². The van der Waals surface area contributed by atoms with Crippen molar-refractivity contribution in [2.45, 2.75) is 12.5 Å². The average Bonchev–Trinajstić information content (AvgIpc) is 2.43. The lowest BCUT2D eigenvalue weighted by molar-refractivity contribution is 0.399. The first-order valence-electron chi connectivity index (χ1n) is 6.36. The van der Waals surface area contributed by atoms with E-state index in [9.17, 15) is 20.4 Å². The number of aromatic hydroxyl groups is 4. The molecule has 0 radical (unpaired) electrons. The summed E-state index contributed by atoms with van der Waals surface area (Å²) in [5.41, 5.74) is 2.60. The molecule has 0 saturated heterocycles. The molecule has 5 nitrogen and oxygen atoms in total. The van der Waals surface area contributed by atoms with E-state index >= 15 is 0 Å². The van der Waals surface area contributed by atoms with E-state index in [1.807, 2.05) is 0 Å². The normalized spacial score (nSPS) is 17.7. The number of hydrogen-bond acceptors (Lipinski definition) is 5. The van der Waals surface area contributed by atoms with Gasteiger partial charge in [0.1, 0.15) is 0 Å². The lowest BCUT2D eigenvalue weighted by atomic mass is 9.89. The van der Waals surface area contributed by atoms with Crippen molar-refractivity contribution in [2.75, 3.05) is 6.54 Å². The van der Waals surface area contributed by atoms with E-state index in [2.05, 4.69) is 5.32 Å². The summed E-state index contributed by atoms with van der Waals surface area (Å²) in [6.45, 7) is 0.726. The first-order chi connectivity index (χ1) is 9.56. The zero-order valence-corrected chi connectivity index (χ0v) is 10.7. The van der Waals surface area contributed by atoms with E-state index in [-0.39, 0.29) is 29.0 Å². The predicted octanol–water partition coefficient (Wildman–Crippen LogP) is 1.74. The molecule has 0 spiro atoms. The summed E-state index contributed by atoms with van der Waals surface area (Å²) in [6, 6.07) is 7.54. The summed E-state index contributed by atoms with van der Waals surface area (Å²) < 4.78 is 0. The van der Waals surface area contributed by atoms with Gasteiger partial charge in [-0.15, -0.1) is 0 Å². The highest BCUT2D eigenvalue weighted by molar-refractivity contribution is 5.51. The topological polar surface area (TPSA) is 93.0 Å².